The van der Waals surface area contributed by atoms with Gasteiger partial charge >= 0.3 is 0 Å². The van der Waals surface area contributed by atoms with Gasteiger partial charge in [-0.05, 0) is 30.7 Å². The predicted molar refractivity (Wildman–Crippen MR) is 110 cm³/mol. The van der Waals surface area contributed by atoms with E-state index in [1.807, 2.05) is 54.4 Å². The van der Waals surface area contributed by atoms with E-state index < -0.39 is 0 Å². The van der Waals surface area contributed by atoms with Crippen molar-refractivity contribution in [3.63, 3.8) is 0 Å². The fourth-order valence-corrected chi connectivity index (χ4v) is 3.09. The number of pyridine rings is 1. The molecule has 0 unspecified atom stereocenters. The molecule has 0 bridgehead atoms. The van der Waals surface area contributed by atoms with Gasteiger partial charge in [0.25, 0.3) is 5.91 Å². The van der Waals surface area contributed by atoms with Gasteiger partial charge in [-0.25, -0.2) is 4.98 Å². The van der Waals surface area contributed by atoms with Crippen molar-refractivity contribution in [2.75, 3.05) is 37.5 Å². The highest BCUT2D eigenvalue weighted by atomic mass is 16.5. The van der Waals surface area contributed by atoms with Crippen LogP contribution in [0.3, 0.4) is 0 Å². The second-order valence-electron chi connectivity index (χ2n) is 6.51. The predicted octanol–water partition coefficient (Wildman–Crippen LogP) is 3.78. The molecule has 0 radical (unpaired) electrons. The van der Waals surface area contributed by atoms with Crippen molar-refractivity contribution in [3.05, 3.63) is 54.4 Å². The lowest BCUT2D eigenvalue weighted by Crippen LogP contribution is -2.23. The Morgan fingerprint density at radius 2 is 2.07 bits per heavy atom. The van der Waals surface area contributed by atoms with E-state index in [2.05, 4.69) is 21.8 Å². The van der Waals surface area contributed by atoms with Crippen molar-refractivity contribution in [2.24, 2.45) is 0 Å². The number of anilines is 2. The van der Waals surface area contributed by atoms with E-state index in [0.29, 0.717) is 18.0 Å². The molecule has 0 spiro atoms. The van der Waals surface area contributed by atoms with Crippen LogP contribution in [0.25, 0.3) is 10.9 Å². The molecule has 6 heteroatoms. The number of benzene rings is 1. The van der Waals surface area contributed by atoms with Crippen LogP contribution in [-0.2, 0) is 11.3 Å². The summed E-state index contributed by atoms with van der Waals surface area (Å²) in [6.45, 7) is 4.31. The van der Waals surface area contributed by atoms with Gasteiger partial charge in [-0.2, -0.15) is 0 Å². The molecule has 27 heavy (non-hydrogen) atoms. The highest BCUT2D eigenvalue weighted by molar-refractivity contribution is 6.06. The molecule has 0 atom stereocenters. The number of nitrogens with one attached hydrogen (secondary N) is 1. The number of hydrogen-bond acceptors (Lipinski definition) is 4. The maximum Gasteiger partial charge on any atom is 0.272 e. The number of fused-ring (bicyclic) bond motifs is 1. The van der Waals surface area contributed by atoms with Crippen LogP contribution >= 0.6 is 0 Å². The number of aryl methyl sites for hydroxylation is 1. The molecule has 1 aromatic carbocycles. The van der Waals surface area contributed by atoms with Gasteiger partial charge in [-0.3, -0.25) is 4.79 Å². The van der Waals surface area contributed by atoms with Crippen molar-refractivity contribution in [1.82, 2.24) is 9.55 Å². The average Bonchev–Trinajstić information content (AvgIpc) is 3.06. The van der Waals surface area contributed by atoms with E-state index in [1.165, 1.54) is 0 Å². The molecular weight excluding hydrogens is 340 g/mol. The van der Waals surface area contributed by atoms with Crippen LogP contribution in [0.15, 0.2) is 48.7 Å². The number of amides is 1. The van der Waals surface area contributed by atoms with Crippen LogP contribution in [0.1, 0.15) is 23.8 Å². The van der Waals surface area contributed by atoms with Gasteiger partial charge in [-0.1, -0.05) is 25.1 Å². The first-order chi connectivity index (χ1) is 13.1. The van der Waals surface area contributed by atoms with Crippen molar-refractivity contribution >= 4 is 28.3 Å². The number of carbonyl (C=O) groups is 1. The van der Waals surface area contributed by atoms with Gasteiger partial charge in [0.05, 0.1) is 18.5 Å². The standard InChI is InChI=1S/C21H26N4O2/c1-4-11-25-18-8-6-5-7-16(18)14-19(25)21(26)23-17-9-10-20(22-15-17)24(2)12-13-27-3/h5-10,14-15H,4,11-13H2,1-3H3,(H,23,26). The first kappa shape index (κ1) is 18.9. The first-order valence-corrected chi connectivity index (χ1v) is 9.19. The number of hydrogen-bond donors (Lipinski definition) is 1. The van der Waals surface area contributed by atoms with Gasteiger partial charge in [0.1, 0.15) is 11.5 Å². The Hall–Kier alpha value is -2.86. The van der Waals surface area contributed by atoms with Gasteiger partial charge in [0, 0.05) is 38.1 Å². The molecule has 3 aromatic rings. The normalized spacial score (nSPS) is 10.9. The molecule has 6 nitrogen and oxygen atoms in total. The van der Waals surface area contributed by atoms with Crippen molar-refractivity contribution in [3.8, 4) is 0 Å². The first-order valence-electron chi connectivity index (χ1n) is 9.19. The summed E-state index contributed by atoms with van der Waals surface area (Å²) in [6, 6.07) is 13.8. The van der Waals surface area contributed by atoms with Gasteiger partial charge in [0.15, 0.2) is 0 Å². The molecule has 142 valence electrons. The Labute approximate surface area is 159 Å². The second-order valence-corrected chi connectivity index (χ2v) is 6.51. The number of methoxy groups -OCH3 is 1. The van der Waals surface area contributed by atoms with Crippen LogP contribution in [0, 0.1) is 0 Å². The van der Waals surface area contributed by atoms with E-state index >= 15 is 0 Å². The maximum atomic E-state index is 12.9. The lowest BCUT2D eigenvalue weighted by Gasteiger charge is -2.17. The zero-order valence-electron chi connectivity index (χ0n) is 16.1. The zero-order chi connectivity index (χ0) is 19.2. The Bertz CT molecular complexity index is 902. The lowest BCUT2D eigenvalue weighted by molar-refractivity contribution is 0.101. The fraction of sp³-hybridized carbons (Fsp3) is 0.333. The summed E-state index contributed by atoms with van der Waals surface area (Å²) < 4.78 is 7.16. The number of rotatable bonds is 8. The monoisotopic (exact) mass is 366 g/mol. The Morgan fingerprint density at radius 1 is 1.26 bits per heavy atom. The molecule has 1 amide bonds. The number of para-hydroxylation sites is 1. The fourth-order valence-electron chi connectivity index (χ4n) is 3.09. The number of carbonyl (C=O) groups excluding carboxylic acids is 1. The summed E-state index contributed by atoms with van der Waals surface area (Å²) in [4.78, 5) is 19.3. The summed E-state index contributed by atoms with van der Waals surface area (Å²) in [5.41, 5.74) is 2.43. The molecule has 0 saturated carbocycles. The summed E-state index contributed by atoms with van der Waals surface area (Å²) >= 11 is 0. The molecule has 0 aliphatic heterocycles. The second kappa shape index (κ2) is 8.68. The number of ether oxygens (including phenoxy) is 1. The third-order valence-electron chi connectivity index (χ3n) is 4.52. The van der Waals surface area contributed by atoms with E-state index in [1.54, 1.807) is 13.3 Å². The van der Waals surface area contributed by atoms with E-state index in [9.17, 15) is 4.79 Å². The smallest absolute Gasteiger partial charge is 0.272 e. The summed E-state index contributed by atoms with van der Waals surface area (Å²) in [5.74, 6) is 0.715. The van der Waals surface area contributed by atoms with Crippen molar-refractivity contribution in [1.29, 1.82) is 0 Å². The molecule has 0 aliphatic rings. The highest BCUT2D eigenvalue weighted by Crippen LogP contribution is 2.22. The quantitative estimate of drug-likeness (QED) is 0.659. The molecular formula is C21H26N4O2. The number of nitrogens with zero attached hydrogens (tertiary/aromatic N) is 3. The number of likely N-dealkylation sites (N-methyl/N-ethyl adjacent to an activating group) is 1. The SMILES string of the molecule is CCCn1c(C(=O)Nc2ccc(N(C)CCOC)nc2)cc2ccccc21. The summed E-state index contributed by atoms with van der Waals surface area (Å²) in [5, 5.41) is 4.04. The van der Waals surface area contributed by atoms with E-state index in [0.717, 1.165) is 36.2 Å². The van der Waals surface area contributed by atoms with Crippen LogP contribution in [0.4, 0.5) is 11.5 Å². The molecule has 0 aliphatic carbocycles. The molecule has 0 saturated heterocycles. The third-order valence-corrected chi connectivity index (χ3v) is 4.52. The Morgan fingerprint density at radius 3 is 2.78 bits per heavy atom. The highest BCUT2D eigenvalue weighted by Gasteiger charge is 2.15. The summed E-state index contributed by atoms with van der Waals surface area (Å²) in [6.07, 6.45) is 2.65. The zero-order valence-corrected chi connectivity index (χ0v) is 16.1. The topological polar surface area (TPSA) is 59.4 Å². The molecule has 2 heterocycles. The maximum absolute atomic E-state index is 12.9. The van der Waals surface area contributed by atoms with Crippen molar-refractivity contribution < 1.29 is 9.53 Å². The summed E-state index contributed by atoms with van der Waals surface area (Å²) in [7, 11) is 3.64. The largest absolute Gasteiger partial charge is 0.383 e. The van der Waals surface area contributed by atoms with Gasteiger partial charge in [-0.15, -0.1) is 0 Å². The lowest BCUT2D eigenvalue weighted by atomic mass is 10.2. The van der Waals surface area contributed by atoms with E-state index in [4.69, 9.17) is 4.74 Å². The third kappa shape index (κ3) is 4.28. The average molecular weight is 366 g/mol. The molecule has 1 N–H and O–H groups in total. The molecule has 3 rings (SSSR count). The number of aromatic nitrogens is 2. The minimum atomic E-state index is -0.123. The molecule has 2 aromatic heterocycles. The Kier molecular flexibility index (Phi) is 6.08. The van der Waals surface area contributed by atoms with Crippen LogP contribution in [0.2, 0.25) is 0 Å². The minimum Gasteiger partial charge on any atom is -0.383 e. The van der Waals surface area contributed by atoms with Gasteiger partial charge < -0.3 is 19.5 Å². The van der Waals surface area contributed by atoms with Gasteiger partial charge in [0.2, 0.25) is 0 Å². The van der Waals surface area contributed by atoms with Crippen LogP contribution in [0.5, 0.6) is 0 Å². The van der Waals surface area contributed by atoms with Crippen LogP contribution < -0.4 is 10.2 Å². The van der Waals surface area contributed by atoms with E-state index in [-0.39, 0.29) is 5.91 Å². The molecule has 0 fully saturated rings. The minimum absolute atomic E-state index is 0.123. The Balaban J connectivity index is 1.77. The van der Waals surface area contributed by atoms with Crippen LogP contribution in [-0.4, -0.2) is 42.8 Å². The van der Waals surface area contributed by atoms with Crippen molar-refractivity contribution in [2.45, 2.75) is 19.9 Å².